The lowest BCUT2D eigenvalue weighted by molar-refractivity contribution is 0.0897. The van der Waals surface area contributed by atoms with Crippen molar-refractivity contribution in [2.75, 3.05) is 40.9 Å². The highest BCUT2D eigenvalue weighted by Gasteiger charge is 2.21. The normalized spacial score (nSPS) is 14.6. The number of aromatic nitrogens is 2. The number of aliphatic hydroxyl groups is 1. The molecule has 0 bridgehead atoms. The maximum Gasteiger partial charge on any atom is 0.237 e. The van der Waals surface area contributed by atoms with Crippen molar-refractivity contribution in [1.82, 2.24) is 20.2 Å². The second-order valence-corrected chi connectivity index (χ2v) is 10.4. The van der Waals surface area contributed by atoms with Gasteiger partial charge in [0.1, 0.15) is 11.4 Å². The first kappa shape index (κ1) is 30.6. The van der Waals surface area contributed by atoms with Gasteiger partial charge in [-0.05, 0) is 19.9 Å². The molecule has 216 valence electrons. The SMILES string of the molecule is C=C(/N=C(/OC)C(=N)CN1CCC(O)CC1)c1cccc(-c2cccc(-c3cnc(CNC)c(OC)n3)c2Cl)c1Cl. The molecule has 0 spiro atoms. The highest BCUT2D eigenvalue weighted by atomic mass is 35.5. The number of methoxy groups -OCH3 is 2. The first-order chi connectivity index (χ1) is 19.8. The molecule has 41 heavy (non-hydrogen) atoms. The largest absolute Gasteiger partial charge is 0.480 e. The predicted octanol–water partition coefficient (Wildman–Crippen LogP) is 5.34. The highest BCUT2D eigenvalue weighted by molar-refractivity contribution is 6.40. The molecule has 1 aromatic heterocycles. The third-order valence-corrected chi connectivity index (χ3v) is 7.66. The van der Waals surface area contributed by atoms with Crippen LogP contribution in [0.25, 0.3) is 28.1 Å². The summed E-state index contributed by atoms with van der Waals surface area (Å²) in [5.74, 6) is 0.585. The first-order valence-corrected chi connectivity index (χ1v) is 13.9. The molecule has 0 saturated carbocycles. The molecule has 3 N–H and O–H groups in total. The van der Waals surface area contributed by atoms with Crippen LogP contribution in [0, 0.1) is 5.41 Å². The number of benzene rings is 2. The van der Waals surface area contributed by atoms with E-state index in [2.05, 4.69) is 31.8 Å². The number of halogens is 2. The number of ether oxygens (including phenoxy) is 2. The summed E-state index contributed by atoms with van der Waals surface area (Å²) >= 11 is 13.8. The van der Waals surface area contributed by atoms with Crippen molar-refractivity contribution in [3.05, 3.63) is 70.5 Å². The fourth-order valence-corrected chi connectivity index (χ4v) is 5.33. The fourth-order valence-electron chi connectivity index (χ4n) is 4.67. The van der Waals surface area contributed by atoms with Crippen molar-refractivity contribution in [1.29, 1.82) is 5.41 Å². The molecule has 0 atom stereocenters. The van der Waals surface area contributed by atoms with E-state index in [1.165, 1.54) is 7.11 Å². The lowest BCUT2D eigenvalue weighted by Gasteiger charge is -2.29. The quantitative estimate of drug-likeness (QED) is 0.214. The lowest BCUT2D eigenvalue weighted by Crippen LogP contribution is -2.40. The predicted molar refractivity (Wildman–Crippen MR) is 165 cm³/mol. The average molecular weight is 598 g/mol. The van der Waals surface area contributed by atoms with Crippen LogP contribution in [0.4, 0.5) is 0 Å². The van der Waals surface area contributed by atoms with Gasteiger partial charge in [0, 0.05) is 48.4 Å². The molecular formula is C30H34Cl2N6O3. The summed E-state index contributed by atoms with van der Waals surface area (Å²) in [5, 5.41) is 22.2. The highest BCUT2D eigenvalue weighted by Crippen LogP contribution is 2.41. The zero-order chi connectivity index (χ0) is 29.5. The van der Waals surface area contributed by atoms with Crippen LogP contribution in [0.5, 0.6) is 5.88 Å². The summed E-state index contributed by atoms with van der Waals surface area (Å²) in [5.41, 5.74) is 4.53. The Morgan fingerprint density at radius 1 is 1.12 bits per heavy atom. The Hall–Kier alpha value is -3.34. The van der Waals surface area contributed by atoms with Crippen molar-refractivity contribution < 1.29 is 14.6 Å². The summed E-state index contributed by atoms with van der Waals surface area (Å²) < 4.78 is 10.9. The molecule has 1 aliphatic rings. The maximum absolute atomic E-state index is 9.76. The zero-order valence-corrected chi connectivity index (χ0v) is 24.9. The smallest absolute Gasteiger partial charge is 0.237 e. The number of nitrogens with one attached hydrogen (secondary N) is 2. The molecular weight excluding hydrogens is 563 g/mol. The van der Waals surface area contributed by atoms with Crippen LogP contribution >= 0.6 is 23.2 Å². The van der Waals surface area contributed by atoms with E-state index in [1.807, 2.05) is 43.4 Å². The average Bonchev–Trinajstić information content (AvgIpc) is 2.97. The van der Waals surface area contributed by atoms with Gasteiger partial charge in [0.15, 0.2) is 0 Å². The van der Waals surface area contributed by atoms with Gasteiger partial charge in [0.05, 0.1) is 48.0 Å². The Morgan fingerprint density at radius 2 is 1.78 bits per heavy atom. The van der Waals surface area contributed by atoms with E-state index in [-0.39, 0.29) is 17.7 Å². The Morgan fingerprint density at radius 3 is 2.44 bits per heavy atom. The van der Waals surface area contributed by atoms with Gasteiger partial charge in [-0.3, -0.25) is 15.3 Å². The molecule has 2 heterocycles. The van der Waals surface area contributed by atoms with Crippen LogP contribution in [-0.4, -0.2) is 78.6 Å². The van der Waals surface area contributed by atoms with Gasteiger partial charge < -0.3 is 19.9 Å². The van der Waals surface area contributed by atoms with Gasteiger partial charge in [0.25, 0.3) is 0 Å². The van der Waals surface area contributed by atoms with Gasteiger partial charge in [-0.25, -0.2) is 9.98 Å². The van der Waals surface area contributed by atoms with E-state index in [4.69, 9.17) is 38.1 Å². The first-order valence-electron chi connectivity index (χ1n) is 13.2. The van der Waals surface area contributed by atoms with Gasteiger partial charge in [-0.2, -0.15) is 0 Å². The number of likely N-dealkylation sites (tertiary alicyclic amines) is 1. The van der Waals surface area contributed by atoms with Gasteiger partial charge >= 0.3 is 0 Å². The molecule has 1 aliphatic heterocycles. The lowest BCUT2D eigenvalue weighted by atomic mass is 9.99. The molecule has 0 aliphatic carbocycles. The van der Waals surface area contributed by atoms with Crippen molar-refractivity contribution >= 4 is 40.5 Å². The van der Waals surface area contributed by atoms with Gasteiger partial charge in [-0.1, -0.05) is 66.2 Å². The number of hydrogen-bond donors (Lipinski definition) is 3. The third-order valence-electron chi connectivity index (χ3n) is 6.85. The minimum atomic E-state index is -0.279. The molecule has 11 heteroatoms. The van der Waals surface area contributed by atoms with E-state index in [0.717, 1.165) is 0 Å². The van der Waals surface area contributed by atoms with Crippen LogP contribution < -0.4 is 10.1 Å². The summed E-state index contributed by atoms with van der Waals surface area (Å²) in [6.07, 6.45) is 2.77. The summed E-state index contributed by atoms with van der Waals surface area (Å²) in [6.45, 7) is 6.43. The maximum atomic E-state index is 9.76. The molecule has 9 nitrogen and oxygen atoms in total. The van der Waals surface area contributed by atoms with Gasteiger partial charge in [0.2, 0.25) is 11.8 Å². The molecule has 1 saturated heterocycles. The summed E-state index contributed by atoms with van der Waals surface area (Å²) in [7, 11) is 4.86. The number of aliphatic imine (C=N–C) groups is 1. The Labute approximate surface area is 250 Å². The molecule has 0 unspecified atom stereocenters. The second kappa shape index (κ2) is 14.0. The summed E-state index contributed by atoms with van der Waals surface area (Å²) in [6, 6.07) is 11.2. The number of aliphatic hydroxyl groups excluding tert-OH is 1. The minimum absolute atomic E-state index is 0.164. The van der Waals surface area contributed by atoms with E-state index in [0.29, 0.717) is 94.3 Å². The van der Waals surface area contributed by atoms with Crippen molar-refractivity contribution in [3.63, 3.8) is 0 Å². The van der Waals surface area contributed by atoms with Crippen molar-refractivity contribution in [3.8, 4) is 28.3 Å². The molecule has 1 fully saturated rings. The third kappa shape index (κ3) is 7.12. The van der Waals surface area contributed by atoms with Crippen LogP contribution in [0.15, 0.2) is 54.2 Å². The second-order valence-electron chi connectivity index (χ2n) is 9.63. The number of hydrogen-bond acceptors (Lipinski definition) is 9. The van der Waals surface area contributed by atoms with Crippen LogP contribution in [0.3, 0.4) is 0 Å². The standard InChI is InChI=1S/C30H34Cl2N6O3/c1-18(36-29(40-3)24(33)17-38-13-11-19(39)12-14-38)20-7-5-8-21(27(20)31)22-9-6-10-23(28(22)32)25-16-35-26(15-34-2)30(37-25)41-4/h5-10,16,19,33-34,39H,1,11-15,17H2,2-4H3/b33-24?,36-29+. The van der Waals surface area contributed by atoms with Crippen LogP contribution in [0.2, 0.25) is 10.0 Å². The molecule has 4 rings (SSSR count). The molecule has 2 aromatic carbocycles. The van der Waals surface area contributed by atoms with E-state index in [1.54, 1.807) is 13.3 Å². The van der Waals surface area contributed by atoms with Crippen molar-refractivity contribution in [2.45, 2.75) is 25.5 Å². The number of piperidine rings is 1. The number of rotatable bonds is 10. The monoisotopic (exact) mass is 596 g/mol. The Kier molecular flexibility index (Phi) is 10.5. The molecule has 0 amide bonds. The molecule has 0 radical (unpaired) electrons. The zero-order valence-electron chi connectivity index (χ0n) is 23.4. The number of nitrogens with zero attached hydrogens (tertiary/aromatic N) is 4. The fraction of sp³-hybridized carbons (Fsp3) is 0.333. The summed E-state index contributed by atoms with van der Waals surface area (Å²) in [4.78, 5) is 15.7. The topological polar surface area (TPSA) is 116 Å². The van der Waals surface area contributed by atoms with Crippen LogP contribution in [-0.2, 0) is 11.3 Å². The molecule has 3 aromatic rings. The van der Waals surface area contributed by atoms with E-state index < -0.39 is 0 Å². The van der Waals surface area contributed by atoms with Gasteiger partial charge in [-0.15, -0.1) is 0 Å². The van der Waals surface area contributed by atoms with E-state index >= 15 is 0 Å². The Bertz CT molecular complexity index is 1450. The van der Waals surface area contributed by atoms with Crippen molar-refractivity contribution in [2.24, 2.45) is 4.99 Å². The van der Waals surface area contributed by atoms with E-state index in [9.17, 15) is 5.11 Å². The Balaban J connectivity index is 1.62. The van der Waals surface area contributed by atoms with Crippen LogP contribution in [0.1, 0.15) is 24.1 Å². The minimum Gasteiger partial charge on any atom is -0.480 e.